The lowest BCUT2D eigenvalue weighted by Gasteiger charge is -2.18. The van der Waals surface area contributed by atoms with Crippen LogP contribution in [0.25, 0.3) is 11.0 Å². The predicted octanol–water partition coefficient (Wildman–Crippen LogP) is 4.17. The van der Waals surface area contributed by atoms with E-state index < -0.39 is 0 Å². The number of amides is 2. The van der Waals surface area contributed by atoms with Crippen molar-refractivity contribution in [2.24, 2.45) is 0 Å². The Kier molecular flexibility index (Phi) is 7.35. The van der Waals surface area contributed by atoms with Gasteiger partial charge >= 0.3 is 0 Å². The summed E-state index contributed by atoms with van der Waals surface area (Å²) >= 11 is 1.33. The van der Waals surface area contributed by atoms with Gasteiger partial charge in [0.1, 0.15) is 5.75 Å². The van der Waals surface area contributed by atoms with E-state index in [1.165, 1.54) is 11.8 Å². The molecule has 0 aliphatic heterocycles. The first-order valence-electron chi connectivity index (χ1n) is 9.98. The Bertz CT molecular complexity index is 1010. The first-order chi connectivity index (χ1) is 14.5. The van der Waals surface area contributed by atoms with Gasteiger partial charge in [-0.3, -0.25) is 9.59 Å². The Morgan fingerprint density at radius 2 is 1.83 bits per heavy atom. The molecule has 0 aliphatic rings. The molecule has 1 aromatic heterocycles. The Labute approximate surface area is 180 Å². The lowest BCUT2D eigenvalue weighted by atomic mass is 10.2. The first kappa shape index (κ1) is 21.7. The number of benzene rings is 2. The van der Waals surface area contributed by atoms with Crippen LogP contribution in [0.4, 0.5) is 5.69 Å². The van der Waals surface area contributed by atoms with Gasteiger partial charge in [0.05, 0.1) is 23.4 Å². The van der Waals surface area contributed by atoms with Gasteiger partial charge in [-0.25, -0.2) is 4.98 Å². The van der Waals surface area contributed by atoms with Crippen LogP contribution in [-0.2, 0) is 4.79 Å². The van der Waals surface area contributed by atoms with E-state index in [1.54, 1.807) is 29.2 Å². The van der Waals surface area contributed by atoms with E-state index in [4.69, 9.17) is 4.74 Å². The number of hydrogen-bond donors (Lipinski definition) is 2. The molecule has 0 saturated carbocycles. The highest BCUT2D eigenvalue weighted by atomic mass is 32.2. The number of rotatable bonds is 9. The van der Waals surface area contributed by atoms with Crippen molar-refractivity contribution in [3.63, 3.8) is 0 Å². The van der Waals surface area contributed by atoms with E-state index in [1.807, 2.05) is 39.0 Å². The van der Waals surface area contributed by atoms with Crippen molar-refractivity contribution in [1.82, 2.24) is 14.9 Å². The quantitative estimate of drug-likeness (QED) is 0.501. The van der Waals surface area contributed by atoms with E-state index in [0.29, 0.717) is 36.1 Å². The number of anilines is 1. The highest BCUT2D eigenvalue weighted by Gasteiger charge is 2.13. The van der Waals surface area contributed by atoms with E-state index in [2.05, 4.69) is 15.3 Å². The molecule has 0 unspecified atom stereocenters. The molecule has 7 nitrogen and oxygen atoms in total. The minimum Gasteiger partial charge on any atom is -0.494 e. The SMILES string of the molecule is CCOc1ccc2nc(SCC(=O)Nc3ccc(C(=O)N(CC)CC)cc3)[nH]c2c1. The summed E-state index contributed by atoms with van der Waals surface area (Å²) in [5, 5.41) is 3.52. The number of imidazole rings is 1. The molecule has 0 spiro atoms. The molecule has 0 fully saturated rings. The highest BCUT2D eigenvalue weighted by molar-refractivity contribution is 7.99. The topological polar surface area (TPSA) is 87.3 Å². The molecule has 3 rings (SSSR count). The number of nitrogens with one attached hydrogen (secondary N) is 2. The van der Waals surface area contributed by atoms with Crippen molar-refractivity contribution >= 4 is 40.3 Å². The molecular formula is C22H26N4O3S. The monoisotopic (exact) mass is 426 g/mol. The zero-order valence-corrected chi connectivity index (χ0v) is 18.2. The molecule has 0 atom stereocenters. The number of carbonyl (C=O) groups excluding carboxylic acids is 2. The zero-order valence-electron chi connectivity index (χ0n) is 17.4. The summed E-state index contributed by atoms with van der Waals surface area (Å²) < 4.78 is 5.49. The minimum atomic E-state index is -0.140. The summed E-state index contributed by atoms with van der Waals surface area (Å²) in [6, 6.07) is 12.6. The summed E-state index contributed by atoms with van der Waals surface area (Å²) in [6.07, 6.45) is 0. The van der Waals surface area contributed by atoms with Crippen molar-refractivity contribution in [2.45, 2.75) is 25.9 Å². The van der Waals surface area contributed by atoms with E-state index in [-0.39, 0.29) is 17.6 Å². The van der Waals surface area contributed by atoms with Gasteiger partial charge in [-0.05, 0) is 57.2 Å². The zero-order chi connectivity index (χ0) is 21.5. The maximum Gasteiger partial charge on any atom is 0.253 e. The second-order valence-electron chi connectivity index (χ2n) is 6.55. The summed E-state index contributed by atoms with van der Waals surface area (Å²) in [4.78, 5) is 34.1. The summed E-state index contributed by atoms with van der Waals surface area (Å²) in [5.74, 6) is 0.855. The summed E-state index contributed by atoms with van der Waals surface area (Å²) in [7, 11) is 0. The van der Waals surface area contributed by atoms with Crippen molar-refractivity contribution in [2.75, 3.05) is 30.8 Å². The second-order valence-corrected chi connectivity index (χ2v) is 7.51. The van der Waals surface area contributed by atoms with Crippen LogP contribution in [0.5, 0.6) is 5.75 Å². The molecule has 1 heterocycles. The number of ether oxygens (including phenoxy) is 1. The van der Waals surface area contributed by atoms with Crippen LogP contribution in [-0.4, -0.2) is 52.1 Å². The van der Waals surface area contributed by atoms with Gasteiger partial charge in [-0.15, -0.1) is 0 Å². The molecule has 30 heavy (non-hydrogen) atoms. The minimum absolute atomic E-state index is 0.00851. The third kappa shape index (κ3) is 5.33. The van der Waals surface area contributed by atoms with Gasteiger partial charge in [0.15, 0.2) is 5.16 Å². The van der Waals surface area contributed by atoms with Gasteiger partial charge in [-0.1, -0.05) is 11.8 Å². The van der Waals surface area contributed by atoms with Crippen LogP contribution in [0, 0.1) is 0 Å². The van der Waals surface area contributed by atoms with Gasteiger partial charge in [0, 0.05) is 30.4 Å². The molecule has 0 radical (unpaired) electrons. The fourth-order valence-electron chi connectivity index (χ4n) is 3.01. The average Bonchev–Trinajstić information content (AvgIpc) is 3.16. The maximum absolute atomic E-state index is 12.3. The van der Waals surface area contributed by atoms with Gasteiger partial charge in [0.25, 0.3) is 5.91 Å². The molecule has 8 heteroatoms. The van der Waals surface area contributed by atoms with E-state index in [0.717, 1.165) is 16.8 Å². The Balaban J connectivity index is 1.55. The molecule has 3 aromatic rings. The lowest BCUT2D eigenvalue weighted by molar-refractivity contribution is -0.113. The molecule has 0 aliphatic carbocycles. The van der Waals surface area contributed by atoms with Crippen LogP contribution in [0.15, 0.2) is 47.6 Å². The van der Waals surface area contributed by atoms with Gasteiger partial charge in [-0.2, -0.15) is 0 Å². The van der Waals surface area contributed by atoms with E-state index in [9.17, 15) is 9.59 Å². The fourth-order valence-corrected chi connectivity index (χ4v) is 3.70. The molecule has 2 amide bonds. The van der Waals surface area contributed by atoms with E-state index >= 15 is 0 Å². The average molecular weight is 427 g/mol. The highest BCUT2D eigenvalue weighted by Crippen LogP contribution is 2.23. The largest absolute Gasteiger partial charge is 0.494 e. The fraction of sp³-hybridized carbons (Fsp3) is 0.318. The number of H-pyrrole nitrogens is 1. The number of aromatic nitrogens is 2. The van der Waals surface area contributed by atoms with Crippen LogP contribution >= 0.6 is 11.8 Å². The van der Waals surface area contributed by atoms with Gasteiger partial charge < -0.3 is 19.9 Å². The molecule has 0 bridgehead atoms. The number of aromatic amines is 1. The standard InChI is InChI=1S/C22H26N4O3S/c1-4-26(5-2)21(28)15-7-9-16(10-8-15)23-20(27)14-30-22-24-18-12-11-17(29-6-3)13-19(18)25-22/h7-13H,4-6,14H2,1-3H3,(H,23,27)(H,24,25). The van der Waals surface area contributed by atoms with Crippen molar-refractivity contribution in [3.8, 4) is 5.75 Å². The number of thioether (sulfide) groups is 1. The molecule has 2 N–H and O–H groups in total. The molecule has 0 saturated heterocycles. The van der Waals surface area contributed by atoms with Crippen molar-refractivity contribution in [3.05, 3.63) is 48.0 Å². The number of fused-ring (bicyclic) bond motifs is 1. The molecular weight excluding hydrogens is 400 g/mol. The van der Waals surface area contributed by atoms with Gasteiger partial charge in [0.2, 0.25) is 5.91 Å². The van der Waals surface area contributed by atoms with Crippen LogP contribution < -0.4 is 10.1 Å². The second kappa shape index (κ2) is 10.2. The third-order valence-electron chi connectivity index (χ3n) is 4.55. The summed E-state index contributed by atoms with van der Waals surface area (Å²) in [5.41, 5.74) is 2.97. The van der Waals surface area contributed by atoms with Crippen LogP contribution in [0.1, 0.15) is 31.1 Å². The Hall–Kier alpha value is -3.00. The summed E-state index contributed by atoms with van der Waals surface area (Å²) in [6.45, 7) is 7.78. The van der Waals surface area contributed by atoms with Crippen LogP contribution in [0.2, 0.25) is 0 Å². The third-order valence-corrected chi connectivity index (χ3v) is 5.42. The number of carbonyl (C=O) groups is 2. The van der Waals surface area contributed by atoms with Crippen molar-refractivity contribution < 1.29 is 14.3 Å². The number of nitrogens with zero attached hydrogens (tertiary/aromatic N) is 2. The Morgan fingerprint density at radius 3 is 2.50 bits per heavy atom. The van der Waals surface area contributed by atoms with Crippen LogP contribution in [0.3, 0.4) is 0 Å². The normalized spacial score (nSPS) is 10.8. The predicted molar refractivity (Wildman–Crippen MR) is 120 cm³/mol. The maximum atomic E-state index is 12.3. The lowest BCUT2D eigenvalue weighted by Crippen LogP contribution is -2.30. The molecule has 158 valence electrons. The number of hydrogen-bond acceptors (Lipinski definition) is 5. The molecule has 2 aromatic carbocycles. The smallest absolute Gasteiger partial charge is 0.253 e. The first-order valence-corrected chi connectivity index (χ1v) is 11.0. The van der Waals surface area contributed by atoms with Crippen molar-refractivity contribution in [1.29, 1.82) is 0 Å². The Morgan fingerprint density at radius 1 is 1.10 bits per heavy atom.